The molecular formula is C12H15FN2. The second-order valence-corrected chi connectivity index (χ2v) is 4.61. The van der Waals surface area contributed by atoms with E-state index >= 15 is 0 Å². The summed E-state index contributed by atoms with van der Waals surface area (Å²) in [5.41, 5.74) is 1.16. The average molecular weight is 206 g/mol. The van der Waals surface area contributed by atoms with Gasteiger partial charge in [-0.05, 0) is 37.7 Å². The van der Waals surface area contributed by atoms with E-state index in [0.29, 0.717) is 12.1 Å². The van der Waals surface area contributed by atoms with Gasteiger partial charge >= 0.3 is 0 Å². The first-order chi connectivity index (χ1) is 7.24. The van der Waals surface area contributed by atoms with Crippen LogP contribution >= 0.6 is 0 Å². The lowest BCUT2D eigenvalue weighted by molar-refractivity contribution is 0.292. The van der Waals surface area contributed by atoms with Crippen molar-refractivity contribution in [1.29, 1.82) is 0 Å². The van der Waals surface area contributed by atoms with E-state index in [1.165, 1.54) is 6.42 Å². The van der Waals surface area contributed by atoms with Crippen LogP contribution in [0.2, 0.25) is 0 Å². The van der Waals surface area contributed by atoms with Gasteiger partial charge in [0.15, 0.2) is 0 Å². The van der Waals surface area contributed by atoms with Crippen LogP contribution in [0.4, 0.5) is 10.1 Å². The van der Waals surface area contributed by atoms with E-state index in [1.54, 1.807) is 12.1 Å². The molecule has 0 N–H and O–H groups in total. The van der Waals surface area contributed by atoms with Gasteiger partial charge in [0.1, 0.15) is 5.82 Å². The van der Waals surface area contributed by atoms with E-state index in [1.807, 2.05) is 12.1 Å². The van der Waals surface area contributed by atoms with Gasteiger partial charge < -0.3 is 4.90 Å². The maximum Gasteiger partial charge on any atom is 0.123 e. The number of hydrogen-bond acceptors (Lipinski definition) is 2. The molecule has 0 aliphatic carbocycles. The van der Waals surface area contributed by atoms with E-state index in [9.17, 15) is 4.39 Å². The Bertz CT molecular complexity index is 360. The number of piperazine rings is 1. The van der Waals surface area contributed by atoms with Crippen LogP contribution in [0.1, 0.15) is 6.42 Å². The van der Waals surface area contributed by atoms with Crippen LogP contribution in [0.3, 0.4) is 0 Å². The van der Waals surface area contributed by atoms with E-state index in [2.05, 4.69) is 16.8 Å². The molecule has 0 spiro atoms. The van der Waals surface area contributed by atoms with E-state index in [4.69, 9.17) is 0 Å². The molecule has 2 fully saturated rings. The first-order valence-corrected chi connectivity index (χ1v) is 5.46. The van der Waals surface area contributed by atoms with Gasteiger partial charge in [-0.15, -0.1) is 0 Å². The standard InChI is InChI=1S/C12H15FN2/c1-14-7-12-6-11(14)8-15(12)10-4-2-9(13)3-5-10/h2-5,11-12H,6-8H2,1H3/t11-,12-/m1/s1. The van der Waals surface area contributed by atoms with Gasteiger partial charge in [-0.25, -0.2) is 4.39 Å². The van der Waals surface area contributed by atoms with Crippen molar-refractivity contribution < 1.29 is 4.39 Å². The summed E-state index contributed by atoms with van der Waals surface area (Å²) in [4.78, 5) is 4.83. The molecule has 1 aromatic rings. The number of fused-ring (bicyclic) bond motifs is 2. The van der Waals surface area contributed by atoms with Crippen LogP contribution in [0.25, 0.3) is 0 Å². The van der Waals surface area contributed by atoms with Gasteiger partial charge in [-0.3, -0.25) is 4.90 Å². The first kappa shape index (κ1) is 9.16. The van der Waals surface area contributed by atoms with E-state index < -0.39 is 0 Å². The predicted molar refractivity (Wildman–Crippen MR) is 58.6 cm³/mol. The smallest absolute Gasteiger partial charge is 0.123 e. The molecule has 2 aliphatic rings. The average Bonchev–Trinajstić information content (AvgIpc) is 2.77. The topological polar surface area (TPSA) is 6.48 Å². The van der Waals surface area contributed by atoms with Crippen molar-refractivity contribution in [3.8, 4) is 0 Å². The van der Waals surface area contributed by atoms with Gasteiger partial charge in [0.2, 0.25) is 0 Å². The zero-order valence-corrected chi connectivity index (χ0v) is 8.86. The molecule has 80 valence electrons. The van der Waals surface area contributed by atoms with Crippen molar-refractivity contribution >= 4 is 5.69 Å². The third kappa shape index (κ3) is 1.42. The Kier molecular flexibility index (Phi) is 1.96. The van der Waals surface area contributed by atoms with E-state index in [-0.39, 0.29) is 5.82 Å². The van der Waals surface area contributed by atoms with Crippen LogP contribution in [0, 0.1) is 5.82 Å². The van der Waals surface area contributed by atoms with Crippen LogP contribution in [0.5, 0.6) is 0 Å². The predicted octanol–water partition coefficient (Wildman–Crippen LogP) is 1.72. The molecule has 0 aromatic heterocycles. The Morgan fingerprint density at radius 3 is 2.40 bits per heavy atom. The molecule has 2 saturated heterocycles. The normalized spacial score (nSPS) is 30.1. The second-order valence-electron chi connectivity index (χ2n) is 4.61. The molecule has 2 heterocycles. The molecule has 2 bridgehead atoms. The molecular weight excluding hydrogens is 191 g/mol. The third-order valence-corrected chi connectivity index (χ3v) is 3.67. The van der Waals surface area contributed by atoms with Crippen LogP contribution in [-0.2, 0) is 0 Å². The van der Waals surface area contributed by atoms with Crippen LogP contribution in [-0.4, -0.2) is 37.1 Å². The Hall–Kier alpha value is -1.09. The van der Waals surface area contributed by atoms with Crippen LogP contribution < -0.4 is 4.90 Å². The highest BCUT2D eigenvalue weighted by atomic mass is 19.1. The molecule has 0 radical (unpaired) electrons. The number of hydrogen-bond donors (Lipinski definition) is 0. The lowest BCUT2D eigenvalue weighted by atomic mass is 10.2. The number of benzene rings is 1. The van der Waals surface area contributed by atoms with Gasteiger partial charge in [0, 0.05) is 30.9 Å². The third-order valence-electron chi connectivity index (χ3n) is 3.67. The quantitative estimate of drug-likeness (QED) is 0.690. The second kappa shape index (κ2) is 3.20. The molecule has 3 rings (SSSR count). The fraction of sp³-hybridized carbons (Fsp3) is 0.500. The summed E-state index contributed by atoms with van der Waals surface area (Å²) in [5.74, 6) is -0.153. The van der Waals surface area contributed by atoms with Gasteiger partial charge in [-0.2, -0.15) is 0 Å². The number of halogens is 1. The summed E-state index contributed by atoms with van der Waals surface area (Å²) in [6.45, 7) is 2.23. The maximum absolute atomic E-state index is 12.8. The zero-order valence-electron chi connectivity index (χ0n) is 8.86. The van der Waals surface area contributed by atoms with Crippen molar-refractivity contribution in [3.05, 3.63) is 30.1 Å². The molecule has 1 aromatic carbocycles. The van der Waals surface area contributed by atoms with E-state index in [0.717, 1.165) is 18.8 Å². The molecule has 3 heteroatoms. The van der Waals surface area contributed by atoms with Crippen molar-refractivity contribution in [1.82, 2.24) is 4.90 Å². The summed E-state index contributed by atoms with van der Waals surface area (Å²) in [5, 5.41) is 0. The number of likely N-dealkylation sites (N-methyl/N-ethyl adjacent to an activating group) is 1. The minimum Gasteiger partial charge on any atom is -0.366 e. The summed E-state index contributed by atoms with van der Waals surface area (Å²) < 4.78 is 12.8. The molecule has 2 aliphatic heterocycles. The lowest BCUT2D eigenvalue weighted by Gasteiger charge is -2.33. The van der Waals surface area contributed by atoms with Crippen molar-refractivity contribution in [2.24, 2.45) is 0 Å². The number of likely N-dealkylation sites (tertiary alicyclic amines) is 1. The summed E-state index contributed by atoms with van der Waals surface area (Å²) in [7, 11) is 2.19. The fourth-order valence-corrected chi connectivity index (χ4v) is 2.81. The molecule has 0 saturated carbocycles. The SMILES string of the molecule is CN1C[C@H]2C[C@@H]1CN2c1ccc(F)cc1. The Balaban J connectivity index is 1.83. The highest BCUT2D eigenvalue weighted by Gasteiger charge is 2.41. The Morgan fingerprint density at radius 1 is 1.13 bits per heavy atom. The maximum atomic E-state index is 12.8. The van der Waals surface area contributed by atoms with Crippen LogP contribution in [0.15, 0.2) is 24.3 Å². The van der Waals surface area contributed by atoms with Gasteiger partial charge in [0.05, 0.1) is 0 Å². The Morgan fingerprint density at radius 2 is 1.87 bits per heavy atom. The number of nitrogens with zero attached hydrogens (tertiary/aromatic N) is 2. The zero-order chi connectivity index (χ0) is 10.4. The molecule has 0 amide bonds. The molecule has 15 heavy (non-hydrogen) atoms. The van der Waals surface area contributed by atoms with Gasteiger partial charge in [0.25, 0.3) is 0 Å². The first-order valence-electron chi connectivity index (χ1n) is 5.46. The number of anilines is 1. The highest BCUT2D eigenvalue weighted by Crippen LogP contribution is 2.33. The summed E-state index contributed by atoms with van der Waals surface area (Å²) >= 11 is 0. The minimum absolute atomic E-state index is 0.153. The fourth-order valence-electron chi connectivity index (χ4n) is 2.81. The summed E-state index contributed by atoms with van der Waals surface area (Å²) in [6.07, 6.45) is 1.26. The van der Waals surface area contributed by atoms with Crippen molar-refractivity contribution in [2.75, 3.05) is 25.0 Å². The number of rotatable bonds is 1. The largest absolute Gasteiger partial charge is 0.366 e. The van der Waals surface area contributed by atoms with Gasteiger partial charge in [-0.1, -0.05) is 0 Å². The lowest BCUT2D eigenvalue weighted by Crippen LogP contribution is -2.44. The molecule has 2 atom stereocenters. The highest BCUT2D eigenvalue weighted by molar-refractivity contribution is 5.49. The van der Waals surface area contributed by atoms with Crippen molar-refractivity contribution in [2.45, 2.75) is 18.5 Å². The summed E-state index contributed by atoms with van der Waals surface area (Å²) in [6, 6.07) is 8.19. The molecule has 2 nitrogen and oxygen atoms in total. The molecule has 0 unspecified atom stereocenters. The van der Waals surface area contributed by atoms with Crippen molar-refractivity contribution in [3.63, 3.8) is 0 Å². The monoisotopic (exact) mass is 206 g/mol. The minimum atomic E-state index is -0.153. The Labute approximate surface area is 89.3 Å².